The third-order valence-electron chi connectivity index (χ3n) is 1.99. The van der Waals surface area contributed by atoms with Crippen LogP contribution in [0.25, 0.3) is 0 Å². The minimum absolute atomic E-state index is 0.0101. The zero-order chi connectivity index (χ0) is 12.2. The quantitative estimate of drug-likeness (QED) is 0.797. The zero-order valence-corrected chi connectivity index (χ0v) is 8.62. The lowest BCUT2D eigenvalue weighted by Crippen LogP contribution is -2.34. The van der Waals surface area contributed by atoms with Gasteiger partial charge in [-0.05, 0) is 12.5 Å². The summed E-state index contributed by atoms with van der Waals surface area (Å²) in [6.07, 6.45) is -6.31. The molecule has 16 heavy (non-hydrogen) atoms. The highest BCUT2D eigenvalue weighted by Gasteiger charge is 2.42. The summed E-state index contributed by atoms with van der Waals surface area (Å²) >= 11 is 0. The molecule has 88 valence electrons. The second-order valence-corrected chi connectivity index (χ2v) is 3.30. The Morgan fingerprint density at radius 1 is 1.31 bits per heavy atom. The number of hydrogen-bond donors (Lipinski definition) is 0. The van der Waals surface area contributed by atoms with Gasteiger partial charge in [-0.2, -0.15) is 13.2 Å². The van der Waals surface area contributed by atoms with Gasteiger partial charge in [0, 0.05) is 0 Å². The highest BCUT2D eigenvalue weighted by atomic mass is 19.4. The first-order valence-corrected chi connectivity index (χ1v) is 4.68. The third-order valence-corrected chi connectivity index (χ3v) is 1.99. The van der Waals surface area contributed by atoms with E-state index in [1.54, 1.807) is 30.3 Å². The number of Topliss-reactive ketones (excluding diaryl/α,β-unsaturated/α-hetero) is 1. The fourth-order valence-electron chi connectivity index (χ4n) is 1.10. The lowest BCUT2D eigenvalue weighted by atomic mass is 10.2. The van der Waals surface area contributed by atoms with Crippen molar-refractivity contribution in [3.8, 4) is 0 Å². The molecule has 0 radical (unpaired) electrons. The minimum atomic E-state index is -4.84. The van der Waals surface area contributed by atoms with Gasteiger partial charge in [-0.3, -0.25) is 4.79 Å². The summed E-state index contributed by atoms with van der Waals surface area (Å²) < 4.78 is 40.8. The molecule has 0 fully saturated rings. The topological polar surface area (TPSA) is 26.3 Å². The molecule has 1 aromatic rings. The molecule has 0 bridgehead atoms. The van der Waals surface area contributed by atoms with Crippen LogP contribution in [-0.4, -0.2) is 18.1 Å². The lowest BCUT2D eigenvalue weighted by Gasteiger charge is -2.13. The Hall–Kier alpha value is -1.36. The van der Waals surface area contributed by atoms with Crippen LogP contribution < -0.4 is 0 Å². The first-order valence-electron chi connectivity index (χ1n) is 4.68. The van der Waals surface area contributed by atoms with Crippen LogP contribution >= 0.6 is 0 Å². The maximum absolute atomic E-state index is 12.0. The van der Waals surface area contributed by atoms with Gasteiger partial charge in [-0.25, -0.2) is 0 Å². The van der Waals surface area contributed by atoms with Crippen molar-refractivity contribution >= 4 is 5.78 Å². The van der Waals surface area contributed by atoms with Gasteiger partial charge < -0.3 is 4.74 Å². The summed E-state index contributed by atoms with van der Waals surface area (Å²) in [6.45, 7) is 1.09. The molecule has 0 aliphatic rings. The molecule has 2 nitrogen and oxygen atoms in total. The lowest BCUT2D eigenvalue weighted by molar-refractivity contribution is -0.182. The first kappa shape index (κ1) is 12.7. The van der Waals surface area contributed by atoms with E-state index in [0.717, 1.165) is 12.5 Å². The summed E-state index contributed by atoms with van der Waals surface area (Å²) in [4.78, 5) is 10.7. The van der Waals surface area contributed by atoms with E-state index in [4.69, 9.17) is 4.74 Å². The van der Waals surface area contributed by atoms with E-state index < -0.39 is 18.1 Å². The van der Waals surface area contributed by atoms with Crippen LogP contribution in [0.4, 0.5) is 13.2 Å². The SMILES string of the molecule is C[C@H](OCc1ccccc1)C(=O)C(F)(F)F. The molecule has 0 unspecified atom stereocenters. The van der Waals surface area contributed by atoms with Crippen molar-refractivity contribution in [2.75, 3.05) is 0 Å². The van der Waals surface area contributed by atoms with Gasteiger partial charge >= 0.3 is 6.18 Å². The molecule has 0 saturated carbocycles. The van der Waals surface area contributed by atoms with Crippen molar-refractivity contribution in [3.05, 3.63) is 35.9 Å². The van der Waals surface area contributed by atoms with Crippen molar-refractivity contribution in [1.29, 1.82) is 0 Å². The summed E-state index contributed by atoms with van der Waals surface area (Å²) in [5.41, 5.74) is 0.726. The zero-order valence-electron chi connectivity index (χ0n) is 8.62. The molecule has 1 atom stereocenters. The van der Waals surface area contributed by atoms with E-state index in [9.17, 15) is 18.0 Å². The summed E-state index contributed by atoms with van der Waals surface area (Å²) in [7, 11) is 0. The number of halogens is 3. The number of carbonyl (C=O) groups is 1. The number of rotatable bonds is 4. The number of ketones is 1. The van der Waals surface area contributed by atoms with Crippen LogP contribution in [0.5, 0.6) is 0 Å². The second kappa shape index (κ2) is 5.12. The van der Waals surface area contributed by atoms with Gasteiger partial charge in [0.25, 0.3) is 5.78 Å². The summed E-state index contributed by atoms with van der Waals surface area (Å²) in [5, 5.41) is 0. The van der Waals surface area contributed by atoms with Crippen LogP contribution in [0.2, 0.25) is 0 Å². The Bertz CT molecular complexity index is 346. The molecule has 0 aromatic heterocycles. The molecule has 0 aliphatic carbocycles. The van der Waals surface area contributed by atoms with Crippen LogP contribution in [-0.2, 0) is 16.1 Å². The van der Waals surface area contributed by atoms with E-state index in [1.165, 1.54) is 0 Å². The van der Waals surface area contributed by atoms with E-state index in [0.29, 0.717) is 0 Å². The van der Waals surface area contributed by atoms with Crippen LogP contribution in [0, 0.1) is 0 Å². The Kier molecular flexibility index (Phi) is 4.06. The third kappa shape index (κ3) is 3.66. The molecule has 0 saturated heterocycles. The smallest absolute Gasteiger partial charge is 0.366 e. The van der Waals surface area contributed by atoms with Crippen molar-refractivity contribution in [1.82, 2.24) is 0 Å². The van der Waals surface area contributed by atoms with Crippen LogP contribution in [0.15, 0.2) is 30.3 Å². The minimum Gasteiger partial charge on any atom is -0.366 e. The number of alkyl halides is 3. The van der Waals surface area contributed by atoms with E-state index in [2.05, 4.69) is 0 Å². The standard InChI is InChI=1S/C11H11F3O2/c1-8(10(15)11(12,13)14)16-7-9-5-3-2-4-6-9/h2-6,8H,7H2,1H3/t8-/m0/s1. The molecular weight excluding hydrogens is 221 g/mol. The summed E-state index contributed by atoms with van der Waals surface area (Å²) in [6, 6.07) is 8.70. The van der Waals surface area contributed by atoms with Gasteiger partial charge in [-0.1, -0.05) is 30.3 Å². The van der Waals surface area contributed by atoms with E-state index >= 15 is 0 Å². The Morgan fingerprint density at radius 2 is 1.88 bits per heavy atom. The molecule has 5 heteroatoms. The van der Waals surface area contributed by atoms with Gasteiger partial charge in [-0.15, -0.1) is 0 Å². The molecule has 0 amide bonds. The normalized spacial score (nSPS) is 13.5. The summed E-state index contributed by atoms with van der Waals surface area (Å²) in [5.74, 6) is -1.86. The maximum Gasteiger partial charge on any atom is 0.452 e. The highest BCUT2D eigenvalue weighted by Crippen LogP contribution is 2.19. The number of ether oxygens (including phenoxy) is 1. The molecule has 0 N–H and O–H groups in total. The number of benzene rings is 1. The van der Waals surface area contributed by atoms with E-state index in [1.807, 2.05) is 0 Å². The van der Waals surface area contributed by atoms with Crippen molar-refractivity contribution in [2.24, 2.45) is 0 Å². The largest absolute Gasteiger partial charge is 0.452 e. The van der Waals surface area contributed by atoms with Crippen molar-refractivity contribution < 1.29 is 22.7 Å². The molecule has 0 heterocycles. The predicted octanol–water partition coefficient (Wildman–Crippen LogP) is 2.72. The van der Waals surface area contributed by atoms with Crippen molar-refractivity contribution in [3.63, 3.8) is 0 Å². The highest BCUT2D eigenvalue weighted by molar-refractivity contribution is 5.87. The number of hydrogen-bond acceptors (Lipinski definition) is 2. The molecular formula is C11H11F3O2. The number of carbonyl (C=O) groups excluding carboxylic acids is 1. The predicted molar refractivity (Wildman–Crippen MR) is 51.8 cm³/mol. The monoisotopic (exact) mass is 232 g/mol. The Labute approximate surface area is 91.0 Å². The van der Waals surface area contributed by atoms with E-state index in [-0.39, 0.29) is 6.61 Å². The molecule has 1 aromatic carbocycles. The van der Waals surface area contributed by atoms with Crippen LogP contribution in [0.1, 0.15) is 12.5 Å². The second-order valence-electron chi connectivity index (χ2n) is 3.30. The van der Waals surface area contributed by atoms with Gasteiger partial charge in [0.1, 0.15) is 6.10 Å². The van der Waals surface area contributed by atoms with Crippen molar-refractivity contribution in [2.45, 2.75) is 25.8 Å². The Balaban J connectivity index is 2.48. The maximum atomic E-state index is 12.0. The molecule has 0 aliphatic heterocycles. The van der Waals surface area contributed by atoms with Gasteiger partial charge in [0.05, 0.1) is 6.61 Å². The van der Waals surface area contributed by atoms with Gasteiger partial charge in [0.15, 0.2) is 0 Å². The molecule has 1 rings (SSSR count). The fourth-order valence-corrected chi connectivity index (χ4v) is 1.10. The average Bonchev–Trinajstić information content (AvgIpc) is 2.25. The fraction of sp³-hybridized carbons (Fsp3) is 0.364. The first-order chi connectivity index (χ1) is 7.41. The average molecular weight is 232 g/mol. The van der Waals surface area contributed by atoms with Crippen LogP contribution in [0.3, 0.4) is 0 Å². The molecule has 0 spiro atoms. The van der Waals surface area contributed by atoms with Gasteiger partial charge in [0.2, 0.25) is 0 Å². The Morgan fingerprint density at radius 3 is 2.38 bits per heavy atom.